The Bertz CT molecular complexity index is 512. The van der Waals surface area contributed by atoms with Gasteiger partial charge in [0, 0.05) is 18.0 Å². The Morgan fingerprint density at radius 1 is 1.47 bits per heavy atom. The maximum atomic E-state index is 11.6. The van der Waals surface area contributed by atoms with Crippen LogP contribution in [0.4, 0.5) is 0 Å². The average molecular weight is 233 g/mol. The van der Waals surface area contributed by atoms with Crippen molar-refractivity contribution in [2.45, 2.75) is 19.3 Å². The van der Waals surface area contributed by atoms with Gasteiger partial charge in [0.2, 0.25) is 0 Å². The molecule has 0 atom stereocenters. The van der Waals surface area contributed by atoms with Crippen molar-refractivity contribution in [1.82, 2.24) is 15.0 Å². The molecule has 0 aliphatic heterocycles. The van der Waals surface area contributed by atoms with Crippen LogP contribution in [0.2, 0.25) is 0 Å². The van der Waals surface area contributed by atoms with Crippen molar-refractivity contribution >= 4 is 5.97 Å². The van der Waals surface area contributed by atoms with E-state index in [9.17, 15) is 4.79 Å². The van der Waals surface area contributed by atoms with E-state index in [1.807, 2.05) is 18.5 Å². The first-order valence-corrected chi connectivity index (χ1v) is 5.33. The predicted octanol–water partition coefficient (Wildman–Crippen LogP) is 1.86. The summed E-state index contributed by atoms with van der Waals surface area (Å²) in [5.41, 5.74) is 1.10. The van der Waals surface area contributed by atoms with Gasteiger partial charge in [-0.25, -0.2) is 4.98 Å². The second-order valence-electron chi connectivity index (χ2n) is 4.36. The van der Waals surface area contributed by atoms with Crippen LogP contribution in [-0.2, 0) is 14.9 Å². The van der Waals surface area contributed by atoms with E-state index < -0.39 is 5.41 Å². The largest absolute Gasteiger partial charge is 0.468 e. The molecule has 2 aromatic rings. The summed E-state index contributed by atoms with van der Waals surface area (Å²) in [6.07, 6.45) is 5.41. The zero-order valence-corrected chi connectivity index (χ0v) is 10.1. The highest BCUT2D eigenvalue weighted by Gasteiger charge is 2.34. The lowest BCUT2D eigenvalue weighted by Gasteiger charge is -2.18. The molecule has 0 aromatic carbocycles. The molecule has 2 aromatic heterocycles. The fraction of sp³-hybridized carbons (Fsp3) is 0.333. The smallest absolute Gasteiger partial charge is 0.318 e. The molecule has 17 heavy (non-hydrogen) atoms. The Kier molecular flexibility index (Phi) is 2.75. The van der Waals surface area contributed by atoms with E-state index in [1.165, 1.54) is 7.11 Å². The molecule has 2 rings (SSSR count). The summed E-state index contributed by atoms with van der Waals surface area (Å²) in [5, 5.41) is 0. The summed E-state index contributed by atoms with van der Waals surface area (Å²) in [5.74, 6) is 0.285. The standard InChI is InChI=1S/C12H15N3O2/c1-12(2,11(16)17-3)10-14-7-9(15-10)8-4-5-13-6-8/h4-7,13H,1-3H3,(H,14,15). The average Bonchev–Trinajstić information content (AvgIpc) is 2.97. The van der Waals surface area contributed by atoms with Crippen LogP contribution in [0, 0.1) is 0 Å². The molecule has 2 heterocycles. The SMILES string of the molecule is COC(=O)C(C)(C)c1ncc(-c2cc[nH]c2)[nH]1. The van der Waals surface area contributed by atoms with Gasteiger partial charge in [0.1, 0.15) is 11.2 Å². The monoisotopic (exact) mass is 233 g/mol. The second-order valence-corrected chi connectivity index (χ2v) is 4.36. The molecular formula is C12H15N3O2. The zero-order chi connectivity index (χ0) is 12.5. The number of carbonyl (C=O) groups excluding carboxylic acids is 1. The molecule has 5 heteroatoms. The van der Waals surface area contributed by atoms with Gasteiger partial charge in [-0.05, 0) is 19.9 Å². The summed E-state index contributed by atoms with van der Waals surface area (Å²) in [4.78, 5) is 22.0. The first-order valence-electron chi connectivity index (χ1n) is 5.33. The number of aromatic amines is 2. The van der Waals surface area contributed by atoms with Gasteiger partial charge in [0.25, 0.3) is 0 Å². The molecule has 0 fully saturated rings. The van der Waals surface area contributed by atoms with E-state index in [0.29, 0.717) is 5.82 Å². The third-order valence-electron chi connectivity index (χ3n) is 2.77. The molecule has 0 radical (unpaired) electrons. The van der Waals surface area contributed by atoms with Crippen LogP contribution in [-0.4, -0.2) is 28.0 Å². The Balaban J connectivity index is 2.33. The molecule has 0 unspecified atom stereocenters. The van der Waals surface area contributed by atoms with E-state index in [-0.39, 0.29) is 5.97 Å². The number of hydrogen-bond donors (Lipinski definition) is 2. The quantitative estimate of drug-likeness (QED) is 0.795. The van der Waals surface area contributed by atoms with Crippen LogP contribution in [0.15, 0.2) is 24.7 Å². The number of nitrogens with zero attached hydrogens (tertiary/aromatic N) is 1. The van der Waals surface area contributed by atoms with Crippen molar-refractivity contribution in [1.29, 1.82) is 0 Å². The number of rotatable bonds is 3. The lowest BCUT2D eigenvalue weighted by Crippen LogP contribution is -2.31. The van der Waals surface area contributed by atoms with Crippen LogP contribution < -0.4 is 0 Å². The number of hydrogen-bond acceptors (Lipinski definition) is 3. The van der Waals surface area contributed by atoms with Gasteiger partial charge < -0.3 is 14.7 Å². The Labute approximate surface area is 99.2 Å². The van der Waals surface area contributed by atoms with Gasteiger partial charge in [-0.3, -0.25) is 4.79 Å². The summed E-state index contributed by atoms with van der Waals surface area (Å²) in [6.45, 7) is 3.55. The van der Waals surface area contributed by atoms with Gasteiger partial charge in [0.15, 0.2) is 0 Å². The zero-order valence-electron chi connectivity index (χ0n) is 10.1. The first-order chi connectivity index (χ1) is 8.05. The van der Waals surface area contributed by atoms with Gasteiger partial charge in [0.05, 0.1) is 19.0 Å². The van der Waals surface area contributed by atoms with Crippen LogP contribution in [0.5, 0.6) is 0 Å². The van der Waals surface area contributed by atoms with Gasteiger partial charge in [-0.1, -0.05) is 0 Å². The summed E-state index contributed by atoms with van der Waals surface area (Å²) < 4.78 is 4.76. The topological polar surface area (TPSA) is 70.8 Å². The van der Waals surface area contributed by atoms with Gasteiger partial charge in [-0.2, -0.15) is 0 Å². The molecule has 0 spiro atoms. The van der Waals surface area contributed by atoms with Crippen LogP contribution in [0.3, 0.4) is 0 Å². The summed E-state index contributed by atoms with van der Waals surface area (Å²) in [6, 6.07) is 1.93. The molecule has 0 saturated carbocycles. The van der Waals surface area contributed by atoms with Crippen molar-refractivity contribution in [2.75, 3.05) is 7.11 Å². The van der Waals surface area contributed by atoms with Crippen molar-refractivity contribution < 1.29 is 9.53 Å². The highest BCUT2D eigenvalue weighted by atomic mass is 16.5. The minimum absolute atomic E-state index is 0.313. The number of aromatic nitrogens is 3. The van der Waals surface area contributed by atoms with Crippen LogP contribution in [0.1, 0.15) is 19.7 Å². The molecule has 0 aliphatic rings. The highest BCUT2D eigenvalue weighted by Crippen LogP contribution is 2.24. The molecule has 5 nitrogen and oxygen atoms in total. The number of esters is 1. The number of H-pyrrole nitrogens is 2. The van der Waals surface area contributed by atoms with E-state index in [0.717, 1.165) is 11.3 Å². The fourth-order valence-electron chi connectivity index (χ4n) is 1.63. The predicted molar refractivity (Wildman–Crippen MR) is 63.4 cm³/mol. The number of ether oxygens (including phenoxy) is 1. The first kappa shape index (κ1) is 11.4. The Morgan fingerprint density at radius 3 is 2.82 bits per heavy atom. The van der Waals surface area contributed by atoms with Crippen molar-refractivity contribution in [2.24, 2.45) is 0 Å². The lowest BCUT2D eigenvalue weighted by molar-refractivity contribution is -0.146. The number of methoxy groups -OCH3 is 1. The van der Waals surface area contributed by atoms with Crippen molar-refractivity contribution in [3.8, 4) is 11.3 Å². The highest BCUT2D eigenvalue weighted by molar-refractivity contribution is 5.81. The maximum Gasteiger partial charge on any atom is 0.318 e. The van der Waals surface area contributed by atoms with E-state index in [4.69, 9.17) is 4.74 Å². The number of nitrogens with one attached hydrogen (secondary N) is 2. The van der Waals surface area contributed by atoms with E-state index in [1.54, 1.807) is 20.0 Å². The normalized spacial score (nSPS) is 11.5. The van der Waals surface area contributed by atoms with E-state index in [2.05, 4.69) is 15.0 Å². The summed E-state index contributed by atoms with van der Waals surface area (Å²) in [7, 11) is 1.38. The minimum Gasteiger partial charge on any atom is -0.468 e. The van der Waals surface area contributed by atoms with Crippen LogP contribution in [0.25, 0.3) is 11.3 Å². The fourth-order valence-corrected chi connectivity index (χ4v) is 1.63. The third-order valence-corrected chi connectivity index (χ3v) is 2.77. The minimum atomic E-state index is -0.774. The molecule has 0 aliphatic carbocycles. The number of imidazole rings is 1. The molecule has 2 N–H and O–H groups in total. The number of carbonyl (C=O) groups is 1. The Morgan fingerprint density at radius 2 is 2.24 bits per heavy atom. The van der Waals surface area contributed by atoms with Crippen molar-refractivity contribution in [3.05, 3.63) is 30.5 Å². The van der Waals surface area contributed by atoms with Gasteiger partial charge in [-0.15, -0.1) is 0 Å². The van der Waals surface area contributed by atoms with Crippen LogP contribution >= 0.6 is 0 Å². The Hall–Kier alpha value is -2.04. The van der Waals surface area contributed by atoms with Gasteiger partial charge >= 0.3 is 5.97 Å². The molecule has 0 saturated heterocycles. The third kappa shape index (κ3) is 1.95. The lowest BCUT2D eigenvalue weighted by atomic mass is 9.93. The van der Waals surface area contributed by atoms with Crippen molar-refractivity contribution in [3.63, 3.8) is 0 Å². The summed E-state index contributed by atoms with van der Waals surface area (Å²) >= 11 is 0. The maximum absolute atomic E-state index is 11.6. The second kappa shape index (κ2) is 4.08. The molecule has 90 valence electrons. The molecule has 0 bridgehead atoms. The van der Waals surface area contributed by atoms with E-state index >= 15 is 0 Å². The molecular weight excluding hydrogens is 218 g/mol. The molecule has 0 amide bonds.